The quantitative estimate of drug-likeness (QED) is 0.861. The van der Waals surface area contributed by atoms with Crippen LogP contribution in [0.3, 0.4) is 0 Å². The van der Waals surface area contributed by atoms with Gasteiger partial charge in [-0.3, -0.25) is 9.69 Å². The molecule has 1 fully saturated rings. The maximum atomic E-state index is 12.2. The summed E-state index contributed by atoms with van der Waals surface area (Å²) in [4.78, 5) is 14.6. The van der Waals surface area contributed by atoms with Gasteiger partial charge >= 0.3 is 0 Å². The third kappa shape index (κ3) is 3.82. The number of nitrogens with zero attached hydrogens (tertiary/aromatic N) is 1. The highest BCUT2D eigenvalue weighted by Crippen LogP contribution is 2.25. The number of ether oxygens (including phenoxy) is 1. The van der Waals surface area contributed by atoms with Crippen molar-refractivity contribution in [3.05, 3.63) is 53.0 Å². The van der Waals surface area contributed by atoms with Crippen molar-refractivity contribution in [1.29, 1.82) is 0 Å². The predicted molar refractivity (Wildman–Crippen MR) is 96.5 cm³/mol. The van der Waals surface area contributed by atoms with Gasteiger partial charge in [-0.25, -0.2) is 0 Å². The molecule has 1 aromatic heterocycles. The van der Waals surface area contributed by atoms with Crippen molar-refractivity contribution >= 4 is 11.6 Å². The van der Waals surface area contributed by atoms with Crippen LogP contribution in [0.2, 0.25) is 0 Å². The monoisotopic (exact) mass is 356 g/mol. The van der Waals surface area contributed by atoms with Crippen molar-refractivity contribution in [3.63, 3.8) is 0 Å². The van der Waals surface area contributed by atoms with Gasteiger partial charge < -0.3 is 19.6 Å². The Morgan fingerprint density at radius 3 is 2.88 bits per heavy atom. The van der Waals surface area contributed by atoms with Gasteiger partial charge in [0.15, 0.2) is 0 Å². The first-order chi connectivity index (χ1) is 12.7. The molecular formula is C20H24N2O4. The van der Waals surface area contributed by atoms with Crippen molar-refractivity contribution in [2.75, 3.05) is 18.5 Å². The van der Waals surface area contributed by atoms with Crippen molar-refractivity contribution in [1.82, 2.24) is 4.90 Å². The first-order valence-corrected chi connectivity index (χ1v) is 9.16. The second kappa shape index (κ2) is 7.61. The highest BCUT2D eigenvalue weighted by atomic mass is 16.5. The molecule has 0 saturated carbocycles. The molecule has 0 spiro atoms. The summed E-state index contributed by atoms with van der Waals surface area (Å²) in [5.41, 5.74) is 3.38. The zero-order valence-electron chi connectivity index (χ0n) is 14.7. The Kier molecular flexibility index (Phi) is 5.06. The van der Waals surface area contributed by atoms with E-state index in [2.05, 4.69) is 22.3 Å². The van der Waals surface area contributed by atoms with Crippen LogP contribution in [-0.4, -0.2) is 35.2 Å². The van der Waals surface area contributed by atoms with Gasteiger partial charge in [0.25, 0.3) is 5.91 Å². The molecule has 6 heteroatoms. The van der Waals surface area contributed by atoms with Gasteiger partial charge in [-0.05, 0) is 54.7 Å². The number of nitrogens with one attached hydrogen (secondary N) is 1. The predicted octanol–water partition coefficient (Wildman–Crippen LogP) is 2.45. The third-order valence-electron chi connectivity index (χ3n) is 5.04. The molecule has 1 saturated heterocycles. The number of hydrogen-bond acceptors (Lipinski definition) is 5. The van der Waals surface area contributed by atoms with Crippen LogP contribution < -0.4 is 5.32 Å². The van der Waals surface area contributed by atoms with Crippen LogP contribution in [0.15, 0.2) is 34.7 Å². The lowest BCUT2D eigenvalue weighted by atomic mass is 9.99. The van der Waals surface area contributed by atoms with Gasteiger partial charge in [0.1, 0.15) is 24.2 Å². The van der Waals surface area contributed by atoms with Crippen LogP contribution in [0, 0.1) is 0 Å². The van der Waals surface area contributed by atoms with Gasteiger partial charge in [0.2, 0.25) is 0 Å². The van der Waals surface area contributed by atoms with Crippen molar-refractivity contribution < 1.29 is 19.1 Å². The summed E-state index contributed by atoms with van der Waals surface area (Å²) in [5.74, 6) is 1.40. The number of anilines is 1. The van der Waals surface area contributed by atoms with Crippen LogP contribution >= 0.6 is 0 Å². The topological polar surface area (TPSA) is 74.9 Å². The van der Waals surface area contributed by atoms with Crippen LogP contribution in [0.4, 0.5) is 5.69 Å². The summed E-state index contributed by atoms with van der Waals surface area (Å²) < 4.78 is 11.0. The Morgan fingerprint density at radius 2 is 2.12 bits per heavy atom. The van der Waals surface area contributed by atoms with E-state index in [1.807, 2.05) is 18.2 Å². The zero-order chi connectivity index (χ0) is 17.9. The molecule has 2 aliphatic rings. The first-order valence-electron chi connectivity index (χ1n) is 9.16. The maximum absolute atomic E-state index is 12.2. The molecule has 2 aliphatic heterocycles. The van der Waals surface area contributed by atoms with E-state index < -0.39 is 0 Å². The van der Waals surface area contributed by atoms with Gasteiger partial charge in [0, 0.05) is 25.4 Å². The normalized spacial score (nSPS) is 20.1. The standard InChI is InChI=1S/C20H24N2O4/c23-13-18-6-5-17(26-18)12-22-8-7-14-3-4-16(10-15(14)11-22)21-20(24)19-2-1-9-25-19/h3-6,10,19,23H,1-2,7-9,11-13H2,(H,21,24). The van der Waals surface area contributed by atoms with E-state index in [-0.39, 0.29) is 18.6 Å². The molecule has 2 aromatic rings. The molecule has 1 amide bonds. The fourth-order valence-electron chi connectivity index (χ4n) is 3.65. The molecule has 0 bridgehead atoms. The van der Waals surface area contributed by atoms with E-state index in [1.54, 1.807) is 0 Å². The number of carbonyl (C=O) groups is 1. The Bertz CT molecular complexity index is 780. The van der Waals surface area contributed by atoms with Gasteiger partial charge in [-0.1, -0.05) is 6.07 Å². The third-order valence-corrected chi connectivity index (χ3v) is 5.04. The first kappa shape index (κ1) is 17.3. The number of fused-ring (bicyclic) bond motifs is 1. The second-order valence-corrected chi connectivity index (χ2v) is 6.96. The average molecular weight is 356 g/mol. The largest absolute Gasteiger partial charge is 0.462 e. The number of amides is 1. The van der Waals surface area contributed by atoms with E-state index in [9.17, 15) is 4.79 Å². The fraction of sp³-hybridized carbons (Fsp3) is 0.450. The van der Waals surface area contributed by atoms with E-state index in [1.165, 1.54) is 11.1 Å². The number of benzene rings is 1. The smallest absolute Gasteiger partial charge is 0.253 e. The molecule has 4 rings (SSSR count). The Hall–Kier alpha value is -2.15. The molecule has 0 radical (unpaired) electrons. The summed E-state index contributed by atoms with van der Waals surface area (Å²) >= 11 is 0. The molecule has 3 heterocycles. The molecule has 0 aliphatic carbocycles. The molecule has 26 heavy (non-hydrogen) atoms. The number of carbonyl (C=O) groups excluding carboxylic acids is 1. The lowest BCUT2D eigenvalue weighted by Gasteiger charge is -2.28. The maximum Gasteiger partial charge on any atom is 0.253 e. The number of aliphatic hydroxyl groups excluding tert-OH is 1. The minimum Gasteiger partial charge on any atom is -0.462 e. The van der Waals surface area contributed by atoms with Gasteiger partial charge in [-0.2, -0.15) is 0 Å². The average Bonchev–Trinajstić information content (AvgIpc) is 3.33. The minimum absolute atomic E-state index is 0.0535. The Labute approximate surface area is 152 Å². The summed E-state index contributed by atoms with van der Waals surface area (Å²) in [5, 5.41) is 12.1. The van der Waals surface area contributed by atoms with Crippen molar-refractivity contribution in [2.45, 2.75) is 45.1 Å². The Morgan fingerprint density at radius 1 is 1.23 bits per heavy atom. The van der Waals surface area contributed by atoms with Gasteiger partial charge in [-0.15, -0.1) is 0 Å². The SMILES string of the molecule is O=C(Nc1ccc2c(c1)CN(Cc1ccc(CO)o1)CC2)C1CCCO1. The van der Waals surface area contributed by atoms with Crippen LogP contribution in [0.25, 0.3) is 0 Å². The second-order valence-electron chi connectivity index (χ2n) is 6.96. The molecule has 138 valence electrons. The highest BCUT2D eigenvalue weighted by molar-refractivity contribution is 5.94. The summed E-state index contributed by atoms with van der Waals surface area (Å²) in [6.45, 7) is 3.09. The highest BCUT2D eigenvalue weighted by Gasteiger charge is 2.24. The van der Waals surface area contributed by atoms with Crippen LogP contribution in [0.5, 0.6) is 0 Å². The Balaban J connectivity index is 1.41. The lowest BCUT2D eigenvalue weighted by molar-refractivity contribution is -0.124. The lowest BCUT2D eigenvalue weighted by Crippen LogP contribution is -2.30. The molecule has 1 atom stereocenters. The van der Waals surface area contributed by atoms with E-state index in [0.29, 0.717) is 18.9 Å². The molecule has 1 unspecified atom stereocenters. The minimum atomic E-state index is -0.317. The molecule has 2 N–H and O–H groups in total. The number of furan rings is 1. The zero-order valence-corrected chi connectivity index (χ0v) is 14.7. The van der Waals surface area contributed by atoms with Gasteiger partial charge in [0.05, 0.1) is 6.54 Å². The summed E-state index contributed by atoms with van der Waals surface area (Å²) in [6, 6.07) is 9.87. The number of hydrogen-bond donors (Lipinski definition) is 2. The summed E-state index contributed by atoms with van der Waals surface area (Å²) in [6.07, 6.45) is 2.40. The van der Waals surface area contributed by atoms with Crippen molar-refractivity contribution in [3.8, 4) is 0 Å². The van der Waals surface area contributed by atoms with E-state index >= 15 is 0 Å². The van der Waals surface area contributed by atoms with Crippen molar-refractivity contribution in [2.24, 2.45) is 0 Å². The van der Waals surface area contributed by atoms with E-state index in [0.717, 1.165) is 43.8 Å². The number of rotatable bonds is 5. The molecular weight excluding hydrogens is 332 g/mol. The fourth-order valence-corrected chi connectivity index (χ4v) is 3.65. The van der Waals surface area contributed by atoms with Crippen LogP contribution in [-0.2, 0) is 35.6 Å². The molecule has 6 nitrogen and oxygen atoms in total. The summed E-state index contributed by atoms with van der Waals surface area (Å²) in [7, 11) is 0. The molecule has 1 aromatic carbocycles. The van der Waals surface area contributed by atoms with E-state index in [4.69, 9.17) is 14.3 Å². The van der Waals surface area contributed by atoms with Crippen LogP contribution in [0.1, 0.15) is 35.5 Å². The number of aliphatic hydroxyl groups is 1.